The molecule has 2 heterocycles. The molecule has 4 N–H and O–H groups in total. The standard InChI is InChI=1S/C13H14N6/c1-7-3-4-8(2)10(5-7)16-11-9-6-15-19-12(9)18-13(14)17-11/h3-6H,1-2H3,(H4,14,15,16,17,18,19). The number of hydrogen-bond donors (Lipinski definition) is 3. The summed E-state index contributed by atoms with van der Waals surface area (Å²) < 4.78 is 0. The van der Waals surface area contributed by atoms with Crippen LogP contribution in [-0.2, 0) is 0 Å². The van der Waals surface area contributed by atoms with Gasteiger partial charge in [0.25, 0.3) is 0 Å². The van der Waals surface area contributed by atoms with E-state index in [1.807, 2.05) is 13.8 Å². The average Bonchev–Trinajstić information content (AvgIpc) is 2.82. The van der Waals surface area contributed by atoms with Gasteiger partial charge in [0.1, 0.15) is 5.82 Å². The molecule has 3 aromatic rings. The highest BCUT2D eigenvalue weighted by Crippen LogP contribution is 2.25. The van der Waals surface area contributed by atoms with Crippen LogP contribution in [-0.4, -0.2) is 20.2 Å². The summed E-state index contributed by atoms with van der Waals surface area (Å²) in [4.78, 5) is 8.32. The third kappa shape index (κ3) is 2.08. The fourth-order valence-corrected chi connectivity index (χ4v) is 1.95. The van der Waals surface area contributed by atoms with Crippen LogP contribution in [0.1, 0.15) is 11.1 Å². The van der Waals surface area contributed by atoms with Gasteiger partial charge in [0.2, 0.25) is 5.95 Å². The van der Waals surface area contributed by atoms with Gasteiger partial charge in [-0.1, -0.05) is 12.1 Å². The van der Waals surface area contributed by atoms with E-state index in [2.05, 4.69) is 43.7 Å². The van der Waals surface area contributed by atoms with Crippen molar-refractivity contribution < 1.29 is 0 Å². The van der Waals surface area contributed by atoms with E-state index in [1.165, 1.54) is 5.56 Å². The molecule has 19 heavy (non-hydrogen) atoms. The second kappa shape index (κ2) is 4.24. The van der Waals surface area contributed by atoms with Gasteiger partial charge in [-0.2, -0.15) is 15.1 Å². The Kier molecular flexibility index (Phi) is 2.56. The molecular formula is C13H14N6. The van der Waals surface area contributed by atoms with E-state index in [0.29, 0.717) is 11.5 Å². The fraction of sp³-hybridized carbons (Fsp3) is 0.154. The Labute approximate surface area is 110 Å². The second-order valence-corrected chi connectivity index (χ2v) is 4.51. The molecule has 6 heteroatoms. The van der Waals surface area contributed by atoms with Gasteiger partial charge in [-0.3, -0.25) is 5.10 Å². The number of anilines is 3. The first-order chi connectivity index (χ1) is 9.13. The van der Waals surface area contributed by atoms with Gasteiger partial charge < -0.3 is 11.1 Å². The molecule has 2 aromatic heterocycles. The van der Waals surface area contributed by atoms with Gasteiger partial charge in [-0.25, -0.2) is 0 Å². The van der Waals surface area contributed by atoms with Crippen molar-refractivity contribution in [1.29, 1.82) is 0 Å². The van der Waals surface area contributed by atoms with Crippen molar-refractivity contribution in [3.05, 3.63) is 35.5 Å². The molecule has 0 radical (unpaired) electrons. The van der Waals surface area contributed by atoms with Crippen LogP contribution in [0.15, 0.2) is 24.4 Å². The van der Waals surface area contributed by atoms with Gasteiger partial charge in [-0.15, -0.1) is 0 Å². The number of fused-ring (bicyclic) bond motifs is 1. The number of nitrogens with zero attached hydrogens (tertiary/aromatic N) is 3. The van der Waals surface area contributed by atoms with Crippen molar-refractivity contribution in [2.45, 2.75) is 13.8 Å². The third-order valence-corrected chi connectivity index (χ3v) is 2.97. The highest BCUT2D eigenvalue weighted by atomic mass is 15.2. The molecule has 0 aliphatic heterocycles. The summed E-state index contributed by atoms with van der Waals surface area (Å²) in [5, 5.41) is 10.9. The zero-order valence-electron chi connectivity index (χ0n) is 10.7. The summed E-state index contributed by atoms with van der Waals surface area (Å²) in [6.45, 7) is 4.09. The molecule has 0 atom stereocenters. The number of benzene rings is 1. The van der Waals surface area contributed by atoms with Crippen molar-refractivity contribution in [3.63, 3.8) is 0 Å². The lowest BCUT2D eigenvalue weighted by molar-refractivity contribution is 1.09. The Balaban J connectivity index is 2.10. The number of nitrogens with one attached hydrogen (secondary N) is 2. The summed E-state index contributed by atoms with van der Waals surface area (Å²) in [6.07, 6.45) is 1.68. The molecule has 0 aliphatic carbocycles. The number of rotatable bonds is 2. The van der Waals surface area contributed by atoms with E-state index >= 15 is 0 Å². The Bertz CT molecular complexity index is 746. The van der Waals surface area contributed by atoms with Crippen molar-refractivity contribution in [3.8, 4) is 0 Å². The predicted octanol–water partition coefficient (Wildman–Crippen LogP) is 2.30. The molecule has 3 rings (SSSR count). The topological polar surface area (TPSA) is 92.5 Å². The largest absolute Gasteiger partial charge is 0.368 e. The van der Waals surface area contributed by atoms with E-state index in [0.717, 1.165) is 16.6 Å². The smallest absolute Gasteiger partial charge is 0.224 e. The molecule has 0 aliphatic rings. The van der Waals surface area contributed by atoms with Gasteiger partial charge in [0, 0.05) is 5.69 Å². The summed E-state index contributed by atoms with van der Waals surface area (Å²) in [5.74, 6) is 0.870. The third-order valence-electron chi connectivity index (χ3n) is 2.97. The monoisotopic (exact) mass is 254 g/mol. The molecule has 0 saturated heterocycles. The minimum absolute atomic E-state index is 0.213. The molecule has 0 saturated carbocycles. The first kappa shape index (κ1) is 11.5. The van der Waals surface area contributed by atoms with Crippen LogP contribution in [0, 0.1) is 13.8 Å². The van der Waals surface area contributed by atoms with Crippen LogP contribution in [0.2, 0.25) is 0 Å². The van der Waals surface area contributed by atoms with E-state index in [-0.39, 0.29) is 5.95 Å². The fourth-order valence-electron chi connectivity index (χ4n) is 1.95. The Morgan fingerprint density at radius 3 is 2.89 bits per heavy atom. The molecule has 0 unspecified atom stereocenters. The summed E-state index contributed by atoms with van der Waals surface area (Å²) in [6, 6.07) is 6.20. The quantitative estimate of drug-likeness (QED) is 0.652. The Morgan fingerprint density at radius 2 is 2.05 bits per heavy atom. The maximum atomic E-state index is 5.70. The van der Waals surface area contributed by atoms with Gasteiger partial charge in [-0.05, 0) is 31.0 Å². The van der Waals surface area contributed by atoms with E-state index < -0.39 is 0 Å². The van der Waals surface area contributed by atoms with Gasteiger partial charge in [0.05, 0.1) is 11.6 Å². The average molecular weight is 254 g/mol. The molecular weight excluding hydrogens is 240 g/mol. The van der Waals surface area contributed by atoms with Crippen LogP contribution >= 0.6 is 0 Å². The molecule has 0 fully saturated rings. The number of H-pyrrole nitrogens is 1. The van der Waals surface area contributed by atoms with Crippen molar-refractivity contribution in [2.24, 2.45) is 0 Å². The minimum Gasteiger partial charge on any atom is -0.368 e. The van der Waals surface area contributed by atoms with Crippen molar-refractivity contribution in [1.82, 2.24) is 20.2 Å². The first-order valence-corrected chi connectivity index (χ1v) is 5.94. The van der Waals surface area contributed by atoms with Crippen molar-refractivity contribution in [2.75, 3.05) is 11.1 Å². The number of aromatic amines is 1. The normalized spacial score (nSPS) is 10.8. The minimum atomic E-state index is 0.213. The summed E-state index contributed by atoms with van der Waals surface area (Å²) in [5.41, 5.74) is 9.64. The molecule has 96 valence electrons. The zero-order chi connectivity index (χ0) is 13.4. The van der Waals surface area contributed by atoms with E-state index in [9.17, 15) is 0 Å². The highest BCUT2D eigenvalue weighted by Gasteiger charge is 2.09. The molecule has 1 aromatic carbocycles. The SMILES string of the molecule is Cc1ccc(C)c(Nc2nc(N)nc3[nH]ncc23)c1. The maximum Gasteiger partial charge on any atom is 0.224 e. The van der Waals surface area contributed by atoms with Gasteiger partial charge in [0.15, 0.2) is 5.65 Å². The van der Waals surface area contributed by atoms with Gasteiger partial charge >= 0.3 is 0 Å². The molecule has 0 bridgehead atoms. The van der Waals surface area contributed by atoms with Crippen LogP contribution in [0.25, 0.3) is 11.0 Å². The molecule has 0 amide bonds. The summed E-state index contributed by atoms with van der Waals surface area (Å²) in [7, 11) is 0. The first-order valence-electron chi connectivity index (χ1n) is 5.94. The number of aromatic nitrogens is 4. The lowest BCUT2D eigenvalue weighted by Crippen LogP contribution is -2.01. The van der Waals surface area contributed by atoms with Crippen LogP contribution in [0.3, 0.4) is 0 Å². The number of hydrogen-bond acceptors (Lipinski definition) is 5. The number of nitrogens with two attached hydrogens (primary N) is 1. The van der Waals surface area contributed by atoms with Crippen LogP contribution in [0.4, 0.5) is 17.5 Å². The lowest BCUT2D eigenvalue weighted by atomic mass is 10.1. The Morgan fingerprint density at radius 1 is 1.21 bits per heavy atom. The highest BCUT2D eigenvalue weighted by molar-refractivity contribution is 5.89. The predicted molar refractivity (Wildman–Crippen MR) is 75.3 cm³/mol. The van der Waals surface area contributed by atoms with Crippen molar-refractivity contribution >= 4 is 28.5 Å². The van der Waals surface area contributed by atoms with Crippen LogP contribution in [0.5, 0.6) is 0 Å². The second-order valence-electron chi connectivity index (χ2n) is 4.51. The number of nitrogen functional groups attached to an aromatic ring is 1. The number of aryl methyl sites for hydroxylation is 2. The molecule has 0 spiro atoms. The van der Waals surface area contributed by atoms with E-state index in [4.69, 9.17) is 5.73 Å². The zero-order valence-corrected chi connectivity index (χ0v) is 10.7. The van der Waals surface area contributed by atoms with E-state index in [1.54, 1.807) is 6.20 Å². The maximum absolute atomic E-state index is 5.70. The van der Waals surface area contributed by atoms with Crippen LogP contribution < -0.4 is 11.1 Å². The Hall–Kier alpha value is -2.63. The summed E-state index contributed by atoms with van der Waals surface area (Å²) >= 11 is 0. The lowest BCUT2D eigenvalue weighted by Gasteiger charge is -2.10. The molecule has 6 nitrogen and oxygen atoms in total.